The van der Waals surface area contributed by atoms with Gasteiger partial charge < -0.3 is 0 Å². The third kappa shape index (κ3) is 3.25. The summed E-state index contributed by atoms with van der Waals surface area (Å²) >= 11 is 0. The van der Waals surface area contributed by atoms with Gasteiger partial charge >= 0.3 is 0 Å². The minimum Gasteiger partial charge on any atom is -0.207 e. The standard InChI is InChI=1S/C11H15F.HI/c1-4-8(2)10-6-5-9(3)11(12)7-10;/h5-8H,4H2,1-3H3;1H/t8-;/m1./s1. The lowest BCUT2D eigenvalue weighted by atomic mass is 9.98. The van der Waals surface area contributed by atoms with E-state index in [9.17, 15) is 4.39 Å². The van der Waals surface area contributed by atoms with Crippen molar-refractivity contribution >= 4 is 24.0 Å². The molecule has 0 N–H and O–H groups in total. The monoisotopic (exact) mass is 294 g/mol. The molecule has 0 aliphatic rings. The van der Waals surface area contributed by atoms with E-state index < -0.39 is 0 Å². The van der Waals surface area contributed by atoms with E-state index in [4.69, 9.17) is 0 Å². The molecule has 0 bridgehead atoms. The van der Waals surface area contributed by atoms with E-state index in [0.29, 0.717) is 5.92 Å². The summed E-state index contributed by atoms with van der Waals surface area (Å²) in [6.07, 6.45) is 1.06. The van der Waals surface area contributed by atoms with Crippen molar-refractivity contribution in [2.24, 2.45) is 0 Å². The number of hydrogen-bond donors (Lipinski definition) is 0. The molecule has 0 nitrogen and oxygen atoms in total. The molecule has 13 heavy (non-hydrogen) atoms. The summed E-state index contributed by atoms with van der Waals surface area (Å²) in [5.74, 6) is 0.368. The third-order valence-corrected chi connectivity index (χ3v) is 2.38. The van der Waals surface area contributed by atoms with Gasteiger partial charge in [-0.05, 0) is 36.5 Å². The highest BCUT2D eigenvalue weighted by molar-refractivity contribution is 14.0. The molecule has 1 aromatic rings. The van der Waals surface area contributed by atoms with Gasteiger partial charge in [0.05, 0.1) is 0 Å². The summed E-state index contributed by atoms with van der Waals surface area (Å²) in [6.45, 7) is 6.02. The molecule has 0 aliphatic heterocycles. The first kappa shape index (κ1) is 12.9. The third-order valence-electron chi connectivity index (χ3n) is 2.38. The van der Waals surface area contributed by atoms with Crippen molar-refractivity contribution in [1.29, 1.82) is 0 Å². The Balaban J connectivity index is 0.00000144. The van der Waals surface area contributed by atoms with Gasteiger partial charge in [-0.3, -0.25) is 0 Å². The lowest BCUT2D eigenvalue weighted by Gasteiger charge is -2.09. The van der Waals surface area contributed by atoms with E-state index >= 15 is 0 Å². The average molecular weight is 294 g/mol. The van der Waals surface area contributed by atoms with Crippen LogP contribution in [0.15, 0.2) is 18.2 Å². The summed E-state index contributed by atoms with van der Waals surface area (Å²) in [6, 6.07) is 5.49. The first-order valence-electron chi connectivity index (χ1n) is 4.41. The van der Waals surface area contributed by atoms with Crippen LogP contribution in [0.25, 0.3) is 0 Å². The molecule has 0 aromatic heterocycles. The lowest BCUT2D eigenvalue weighted by Crippen LogP contribution is -1.93. The molecular formula is C11H16FI. The minimum atomic E-state index is -0.0900. The SMILES string of the molecule is CC[C@@H](C)c1ccc(C)c(F)c1.I. The molecule has 0 radical (unpaired) electrons. The Bertz CT molecular complexity index is 271. The van der Waals surface area contributed by atoms with E-state index in [0.717, 1.165) is 17.5 Å². The van der Waals surface area contributed by atoms with Gasteiger partial charge in [-0.25, -0.2) is 4.39 Å². The Hall–Kier alpha value is -0.120. The number of hydrogen-bond acceptors (Lipinski definition) is 0. The maximum atomic E-state index is 13.1. The fourth-order valence-corrected chi connectivity index (χ4v) is 1.15. The molecular weight excluding hydrogens is 278 g/mol. The Morgan fingerprint density at radius 1 is 1.38 bits per heavy atom. The van der Waals surface area contributed by atoms with E-state index in [-0.39, 0.29) is 29.8 Å². The van der Waals surface area contributed by atoms with Crippen LogP contribution in [-0.4, -0.2) is 0 Å². The zero-order valence-electron chi connectivity index (χ0n) is 8.30. The minimum absolute atomic E-state index is 0. The van der Waals surface area contributed by atoms with Crippen LogP contribution in [-0.2, 0) is 0 Å². The molecule has 1 aromatic carbocycles. The smallest absolute Gasteiger partial charge is 0.126 e. The maximum absolute atomic E-state index is 13.1. The highest BCUT2D eigenvalue weighted by Gasteiger charge is 2.04. The molecule has 0 heterocycles. The molecule has 1 rings (SSSR count). The van der Waals surface area contributed by atoms with Gasteiger partial charge in [0, 0.05) is 0 Å². The van der Waals surface area contributed by atoms with Gasteiger partial charge in [-0.15, -0.1) is 24.0 Å². The van der Waals surface area contributed by atoms with Crippen LogP contribution < -0.4 is 0 Å². The molecule has 1 atom stereocenters. The number of benzene rings is 1. The average Bonchev–Trinajstić information content (AvgIpc) is 2.08. The summed E-state index contributed by atoms with van der Waals surface area (Å²) < 4.78 is 13.1. The van der Waals surface area contributed by atoms with Crippen molar-refractivity contribution in [3.05, 3.63) is 35.1 Å². The van der Waals surface area contributed by atoms with Crippen LogP contribution in [0.4, 0.5) is 4.39 Å². The highest BCUT2D eigenvalue weighted by Crippen LogP contribution is 2.20. The Kier molecular flexibility index (Phi) is 5.53. The topological polar surface area (TPSA) is 0 Å². The molecule has 0 aliphatic carbocycles. The fraction of sp³-hybridized carbons (Fsp3) is 0.455. The number of halogens is 2. The molecule has 0 spiro atoms. The van der Waals surface area contributed by atoms with Crippen LogP contribution in [0.5, 0.6) is 0 Å². The van der Waals surface area contributed by atoms with E-state index in [1.165, 1.54) is 0 Å². The van der Waals surface area contributed by atoms with Crippen molar-refractivity contribution in [2.75, 3.05) is 0 Å². The first-order chi connectivity index (χ1) is 5.65. The first-order valence-corrected chi connectivity index (χ1v) is 4.41. The number of aryl methyl sites for hydroxylation is 1. The predicted octanol–water partition coefficient (Wildman–Crippen LogP) is 4.27. The second kappa shape index (κ2) is 5.58. The van der Waals surface area contributed by atoms with Crippen molar-refractivity contribution in [2.45, 2.75) is 33.1 Å². The molecule has 0 saturated carbocycles. The largest absolute Gasteiger partial charge is 0.207 e. The van der Waals surface area contributed by atoms with Crippen LogP contribution in [0.3, 0.4) is 0 Å². The van der Waals surface area contributed by atoms with Crippen molar-refractivity contribution in [3.63, 3.8) is 0 Å². The van der Waals surface area contributed by atoms with Gasteiger partial charge in [-0.1, -0.05) is 26.0 Å². The number of rotatable bonds is 2. The summed E-state index contributed by atoms with van der Waals surface area (Å²) in [5.41, 5.74) is 1.82. The van der Waals surface area contributed by atoms with Crippen molar-refractivity contribution in [1.82, 2.24) is 0 Å². The van der Waals surface area contributed by atoms with Crippen LogP contribution in [0, 0.1) is 12.7 Å². The molecule has 74 valence electrons. The van der Waals surface area contributed by atoms with Gasteiger partial charge in [-0.2, -0.15) is 0 Å². The molecule has 0 saturated heterocycles. The quantitative estimate of drug-likeness (QED) is 0.715. The van der Waals surface area contributed by atoms with E-state index in [1.54, 1.807) is 13.0 Å². The molecule has 0 amide bonds. The maximum Gasteiger partial charge on any atom is 0.126 e. The summed E-state index contributed by atoms with van der Waals surface area (Å²) in [5, 5.41) is 0. The fourth-order valence-electron chi connectivity index (χ4n) is 1.15. The molecule has 0 fully saturated rings. The Morgan fingerprint density at radius 3 is 2.46 bits per heavy atom. The summed E-state index contributed by atoms with van der Waals surface area (Å²) in [7, 11) is 0. The second-order valence-electron chi connectivity index (χ2n) is 3.32. The van der Waals surface area contributed by atoms with Gasteiger partial charge in [0.15, 0.2) is 0 Å². The van der Waals surface area contributed by atoms with Gasteiger partial charge in [0.1, 0.15) is 5.82 Å². The Morgan fingerprint density at radius 2 is 2.00 bits per heavy atom. The van der Waals surface area contributed by atoms with Crippen molar-refractivity contribution in [3.8, 4) is 0 Å². The summed E-state index contributed by atoms with van der Waals surface area (Å²) in [4.78, 5) is 0. The zero-order chi connectivity index (χ0) is 9.14. The van der Waals surface area contributed by atoms with E-state index in [1.807, 2.05) is 12.1 Å². The van der Waals surface area contributed by atoms with Gasteiger partial charge in [0.25, 0.3) is 0 Å². The predicted molar refractivity (Wildman–Crippen MR) is 65.3 cm³/mol. The Labute approximate surface area is 96.6 Å². The van der Waals surface area contributed by atoms with Crippen molar-refractivity contribution < 1.29 is 4.39 Å². The van der Waals surface area contributed by atoms with Crippen LogP contribution in [0.2, 0.25) is 0 Å². The molecule has 0 unspecified atom stereocenters. The second-order valence-corrected chi connectivity index (χ2v) is 3.32. The highest BCUT2D eigenvalue weighted by atomic mass is 127. The van der Waals surface area contributed by atoms with Gasteiger partial charge in [0.2, 0.25) is 0 Å². The van der Waals surface area contributed by atoms with Crippen LogP contribution in [0.1, 0.15) is 37.3 Å². The lowest BCUT2D eigenvalue weighted by molar-refractivity contribution is 0.611. The van der Waals surface area contributed by atoms with E-state index in [2.05, 4.69) is 13.8 Å². The normalized spacial score (nSPS) is 12.0. The zero-order valence-corrected chi connectivity index (χ0v) is 10.6. The molecule has 2 heteroatoms. The van der Waals surface area contributed by atoms with Crippen LogP contribution >= 0.6 is 24.0 Å².